The molecule has 0 aliphatic heterocycles. The van der Waals surface area contributed by atoms with Crippen molar-refractivity contribution in [2.75, 3.05) is 11.9 Å². The van der Waals surface area contributed by atoms with Crippen molar-refractivity contribution < 1.29 is 4.74 Å². The van der Waals surface area contributed by atoms with E-state index in [1.807, 2.05) is 84.7 Å². The number of pyridine rings is 1. The fourth-order valence-corrected chi connectivity index (χ4v) is 2.99. The average Bonchev–Trinajstić information content (AvgIpc) is 2.69. The van der Waals surface area contributed by atoms with Crippen LogP contribution >= 0.6 is 0 Å². The van der Waals surface area contributed by atoms with Gasteiger partial charge in [-0.3, -0.25) is 9.20 Å². The molecule has 0 aliphatic carbocycles. The summed E-state index contributed by atoms with van der Waals surface area (Å²) in [5.74, 6) is 1.53. The van der Waals surface area contributed by atoms with Gasteiger partial charge in [-0.25, -0.2) is 4.98 Å². The molecule has 134 valence electrons. The molecule has 0 unspecified atom stereocenters. The average molecular weight is 357 g/mol. The molecule has 2 aromatic heterocycles. The van der Waals surface area contributed by atoms with E-state index in [1.54, 1.807) is 12.3 Å². The molecule has 2 aromatic carbocycles. The minimum absolute atomic E-state index is 0.0854. The van der Waals surface area contributed by atoms with Crippen LogP contribution in [0.5, 0.6) is 11.5 Å². The largest absolute Gasteiger partial charge is 0.455 e. The van der Waals surface area contributed by atoms with Gasteiger partial charge in [0.1, 0.15) is 11.4 Å². The Hall–Kier alpha value is -3.60. The van der Waals surface area contributed by atoms with Crippen LogP contribution in [0.15, 0.2) is 89.9 Å². The summed E-state index contributed by atoms with van der Waals surface area (Å²) in [4.78, 5) is 18.9. The smallest absolute Gasteiger partial charge is 0.258 e. The van der Waals surface area contributed by atoms with Crippen LogP contribution in [0, 0.1) is 0 Å². The Morgan fingerprint density at radius 3 is 2.56 bits per heavy atom. The maximum absolute atomic E-state index is 12.3. The van der Waals surface area contributed by atoms with Gasteiger partial charge < -0.3 is 9.64 Å². The Labute approximate surface area is 157 Å². The first-order valence-electron chi connectivity index (χ1n) is 8.71. The lowest BCUT2D eigenvalue weighted by molar-refractivity contribution is 0.482. The molecular formula is C22H19N3O2. The van der Waals surface area contributed by atoms with Crippen LogP contribution in [0.3, 0.4) is 0 Å². The molecule has 4 aromatic rings. The number of ether oxygens (including phenoxy) is 1. The van der Waals surface area contributed by atoms with Gasteiger partial charge in [0.05, 0.1) is 17.9 Å². The predicted octanol–water partition coefficient (Wildman–Crippen LogP) is 4.12. The maximum Gasteiger partial charge on any atom is 0.258 e. The summed E-state index contributed by atoms with van der Waals surface area (Å²) in [5.41, 5.74) is 2.19. The molecule has 0 atom stereocenters. The zero-order chi connectivity index (χ0) is 18.6. The molecule has 5 heteroatoms. The highest BCUT2D eigenvalue weighted by atomic mass is 16.5. The summed E-state index contributed by atoms with van der Waals surface area (Å²) in [6.07, 6.45) is 1.72. The van der Waals surface area contributed by atoms with Gasteiger partial charge in [-0.05, 0) is 36.4 Å². The van der Waals surface area contributed by atoms with Gasteiger partial charge in [0, 0.05) is 19.3 Å². The zero-order valence-electron chi connectivity index (χ0n) is 14.9. The number of hydrogen-bond acceptors (Lipinski definition) is 4. The van der Waals surface area contributed by atoms with E-state index in [0.29, 0.717) is 17.9 Å². The summed E-state index contributed by atoms with van der Waals surface area (Å²) in [6, 6.07) is 24.6. The number of aromatic nitrogens is 2. The molecule has 0 aliphatic rings. The lowest BCUT2D eigenvalue weighted by Gasteiger charge is -2.22. The number of para-hydroxylation sites is 3. The standard InChI is InChI=1S/C22H19N3O2/c1-24(16-17-15-22(26)25-14-8-7-13-21(25)23-17)19-11-5-6-12-20(19)27-18-9-3-2-4-10-18/h2-15H,16H2,1H3. The van der Waals surface area contributed by atoms with Crippen LogP contribution in [0.1, 0.15) is 5.69 Å². The number of rotatable bonds is 5. The first-order chi connectivity index (χ1) is 13.2. The number of fused-ring (bicyclic) bond motifs is 1. The number of anilines is 1. The van der Waals surface area contributed by atoms with Crippen molar-refractivity contribution in [3.63, 3.8) is 0 Å². The molecule has 0 bridgehead atoms. The van der Waals surface area contributed by atoms with Crippen LogP contribution in [-0.2, 0) is 6.54 Å². The van der Waals surface area contributed by atoms with E-state index in [2.05, 4.69) is 4.98 Å². The van der Waals surface area contributed by atoms with Crippen molar-refractivity contribution in [2.24, 2.45) is 0 Å². The van der Waals surface area contributed by atoms with Crippen molar-refractivity contribution in [1.82, 2.24) is 9.38 Å². The molecule has 0 amide bonds. The van der Waals surface area contributed by atoms with Gasteiger partial charge >= 0.3 is 0 Å². The highest BCUT2D eigenvalue weighted by molar-refractivity contribution is 5.59. The Morgan fingerprint density at radius 2 is 1.70 bits per heavy atom. The molecule has 0 saturated carbocycles. The van der Waals surface area contributed by atoms with Crippen molar-refractivity contribution in [2.45, 2.75) is 6.54 Å². The molecule has 0 saturated heterocycles. The van der Waals surface area contributed by atoms with E-state index >= 15 is 0 Å². The fraction of sp³-hybridized carbons (Fsp3) is 0.0909. The number of hydrogen-bond donors (Lipinski definition) is 0. The van der Waals surface area contributed by atoms with Crippen LogP contribution in [0.4, 0.5) is 5.69 Å². The molecule has 4 rings (SSSR count). The van der Waals surface area contributed by atoms with E-state index in [1.165, 1.54) is 4.40 Å². The van der Waals surface area contributed by atoms with Crippen molar-refractivity contribution >= 4 is 11.3 Å². The topological polar surface area (TPSA) is 46.8 Å². The Bertz CT molecular complexity index is 1120. The lowest BCUT2D eigenvalue weighted by atomic mass is 10.2. The summed E-state index contributed by atoms with van der Waals surface area (Å²) in [5, 5.41) is 0. The van der Waals surface area contributed by atoms with Crippen molar-refractivity contribution in [3.8, 4) is 11.5 Å². The SMILES string of the molecule is CN(Cc1cc(=O)n2ccccc2n1)c1ccccc1Oc1ccccc1. The molecule has 0 spiro atoms. The van der Waals surface area contributed by atoms with Crippen LogP contribution in [0.25, 0.3) is 5.65 Å². The van der Waals surface area contributed by atoms with Gasteiger partial charge in [-0.1, -0.05) is 36.4 Å². The molecule has 0 N–H and O–H groups in total. The highest BCUT2D eigenvalue weighted by Gasteiger charge is 2.11. The van der Waals surface area contributed by atoms with E-state index in [0.717, 1.165) is 17.2 Å². The van der Waals surface area contributed by atoms with E-state index in [4.69, 9.17) is 4.74 Å². The molecule has 27 heavy (non-hydrogen) atoms. The van der Waals surface area contributed by atoms with Gasteiger partial charge in [-0.15, -0.1) is 0 Å². The van der Waals surface area contributed by atoms with Gasteiger partial charge in [0.2, 0.25) is 0 Å². The number of nitrogens with zero attached hydrogens (tertiary/aromatic N) is 3. The fourth-order valence-electron chi connectivity index (χ4n) is 2.99. The Balaban J connectivity index is 1.62. The van der Waals surface area contributed by atoms with Gasteiger partial charge in [0.25, 0.3) is 5.56 Å². The molecule has 5 nitrogen and oxygen atoms in total. The molecular weight excluding hydrogens is 338 g/mol. The second-order valence-corrected chi connectivity index (χ2v) is 6.25. The number of benzene rings is 2. The van der Waals surface area contributed by atoms with E-state index in [-0.39, 0.29) is 5.56 Å². The zero-order valence-corrected chi connectivity index (χ0v) is 14.9. The summed E-state index contributed by atoms with van der Waals surface area (Å²) >= 11 is 0. The summed E-state index contributed by atoms with van der Waals surface area (Å²) in [6.45, 7) is 0.496. The lowest BCUT2D eigenvalue weighted by Crippen LogP contribution is -2.21. The molecule has 2 heterocycles. The van der Waals surface area contributed by atoms with Crippen LogP contribution in [0.2, 0.25) is 0 Å². The van der Waals surface area contributed by atoms with Gasteiger partial charge in [0.15, 0.2) is 5.75 Å². The quantitative estimate of drug-likeness (QED) is 0.539. The Kier molecular flexibility index (Phi) is 4.58. The molecule has 0 fully saturated rings. The normalized spacial score (nSPS) is 10.7. The minimum Gasteiger partial charge on any atom is -0.455 e. The minimum atomic E-state index is -0.0854. The second kappa shape index (κ2) is 7.33. The van der Waals surface area contributed by atoms with Crippen molar-refractivity contribution in [1.29, 1.82) is 0 Å². The summed E-state index contributed by atoms with van der Waals surface area (Å²) in [7, 11) is 1.96. The highest BCUT2D eigenvalue weighted by Crippen LogP contribution is 2.32. The first kappa shape index (κ1) is 16.8. The third-order valence-electron chi connectivity index (χ3n) is 4.27. The van der Waals surface area contributed by atoms with Crippen LogP contribution < -0.4 is 15.2 Å². The summed E-state index contributed by atoms with van der Waals surface area (Å²) < 4.78 is 7.57. The second-order valence-electron chi connectivity index (χ2n) is 6.25. The third kappa shape index (κ3) is 3.67. The van der Waals surface area contributed by atoms with Crippen molar-refractivity contribution in [3.05, 3.63) is 101 Å². The van der Waals surface area contributed by atoms with Crippen LogP contribution in [-0.4, -0.2) is 16.4 Å². The maximum atomic E-state index is 12.3. The van der Waals surface area contributed by atoms with Gasteiger partial charge in [-0.2, -0.15) is 0 Å². The Morgan fingerprint density at radius 1 is 0.963 bits per heavy atom. The monoisotopic (exact) mass is 357 g/mol. The molecule has 0 radical (unpaired) electrons. The van der Waals surface area contributed by atoms with E-state index in [9.17, 15) is 4.79 Å². The third-order valence-corrected chi connectivity index (χ3v) is 4.27. The predicted molar refractivity (Wildman–Crippen MR) is 107 cm³/mol. The van der Waals surface area contributed by atoms with E-state index < -0.39 is 0 Å². The first-order valence-corrected chi connectivity index (χ1v) is 8.71.